The molecule has 0 atom stereocenters. The Balaban J connectivity index is 2.14. The number of hydrogen-bond acceptors (Lipinski definition) is 2. The number of hydrogen-bond donors (Lipinski definition) is 1. The maximum atomic E-state index is 9.25. The van der Waals surface area contributed by atoms with Gasteiger partial charge in [0.05, 0.1) is 5.69 Å². The normalized spacial score (nSPS) is 10.6. The predicted octanol–water partition coefficient (Wildman–Crippen LogP) is 3.61. The van der Waals surface area contributed by atoms with E-state index >= 15 is 0 Å². The number of rotatable bonds is 1. The van der Waals surface area contributed by atoms with Crippen LogP contribution in [0.5, 0.6) is 5.75 Å². The molecule has 17 heavy (non-hydrogen) atoms. The number of phenolic OH excluding ortho intramolecular Hbond substituents is 1. The van der Waals surface area contributed by atoms with Crippen molar-refractivity contribution in [2.24, 2.45) is 0 Å². The Hall–Kier alpha value is -2.35. The Morgan fingerprint density at radius 1 is 0.824 bits per heavy atom. The first-order chi connectivity index (χ1) is 8.33. The molecule has 0 aliphatic carbocycles. The van der Waals surface area contributed by atoms with E-state index in [2.05, 4.69) is 17.1 Å². The van der Waals surface area contributed by atoms with Gasteiger partial charge in [0, 0.05) is 17.1 Å². The van der Waals surface area contributed by atoms with Gasteiger partial charge in [0.15, 0.2) is 0 Å². The zero-order valence-electron chi connectivity index (χ0n) is 9.17. The van der Waals surface area contributed by atoms with Gasteiger partial charge in [-0.05, 0) is 35.7 Å². The van der Waals surface area contributed by atoms with E-state index in [1.165, 1.54) is 5.39 Å². The number of phenols is 1. The Kier molecular flexibility index (Phi) is 2.26. The topological polar surface area (TPSA) is 33.1 Å². The van der Waals surface area contributed by atoms with Gasteiger partial charge in [-0.15, -0.1) is 0 Å². The number of aromatic nitrogens is 1. The maximum Gasteiger partial charge on any atom is 0.115 e. The molecule has 0 fully saturated rings. The van der Waals surface area contributed by atoms with Crippen LogP contribution in [-0.4, -0.2) is 10.1 Å². The molecule has 3 rings (SSSR count). The molecule has 82 valence electrons. The minimum atomic E-state index is 0.273. The van der Waals surface area contributed by atoms with E-state index < -0.39 is 0 Å². The highest BCUT2D eigenvalue weighted by Crippen LogP contribution is 2.23. The Morgan fingerprint density at radius 3 is 2.29 bits per heavy atom. The number of pyridine rings is 1. The van der Waals surface area contributed by atoms with Gasteiger partial charge in [0.1, 0.15) is 5.75 Å². The summed E-state index contributed by atoms with van der Waals surface area (Å²) in [6, 6.07) is 17.3. The van der Waals surface area contributed by atoms with Crippen LogP contribution < -0.4 is 0 Å². The first-order valence-electron chi connectivity index (χ1n) is 5.47. The number of fused-ring (bicyclic) bond motifs is 1. The number of aromatic hydroxyl groups is 1. The van der Waals surface area contributed by atoms with Gasteiger partial charge in [-0.2, -0.15) is 0 Å². The highest BCUT2D eigenvalue weighted by Gasteiger charge is 2.00. The molecule has 0 saturated heterocycles. The zero-order chi connectivity index (χ0) is 11.7. The van der Waals surface area contributed by atoms with Crippen molar-refractivity contribution in [3.8, 4) is 17.0 Å². The molecule has 1 heterocycles. The minimum Gasteiger partial charge on any atom is -0.508 e. The van der Waals surface area contributed by atoms with Crippen LogP contribution in [0.1, 0.15) is 0 Å². The second-order valence-electron chi connectivity index (χ2n) is 3.96. The van der Waals surface area contributed by atoms with Gasteiger partial charge >= 0.3 is 0 Å². The fraction of sp³-hybridized carbons (Fsp3) is 0. The van der Waals surface area contributed by atoms with Gasteiger partial charge in [-0.25, -0.2) is 0 Å². The van der Waals surface area contributed by atoms with Crippen molar-refractivity contribution in [2.45, 2.75) is 0 Å². The van der Waals surface area contributed by atoms with Crippen molar-refractivity contribution in [3.05, 3.63) is 60.8 Å². The first kappa shape index (κ1) is 9.85. The molecule has 1 aromatic heterocycles. The van der Waals surface area contributed by atoms with Gasteiger partial charge in [-0.3, -0.25) is 4.98 Å². The fourth-order valence-electron chi connectivity index (χ4n) is 1.87. The lowest BCUT2D eigenvalue weighted by molar-refractivity contribution is 0.475. The molecule has 0 saturated carbocycles. The molecule has 1 N–H and O–H groups in total. The molecule has 0 aliphatic heterocycles. The summed E-state index contributed by atoms with van der Waals surface area (Å²) in [5, 5.41) is 11.6. The van der Waals surface area contributed by atoms with Gasteiger partial charge < -0.3 is 5.11 Å². The molecule has 2 nitrogen and oxygen atoms in total. The van der Waals surface area contributed by atoms with Crippen molar-refractivity contribution < 1.29 is 5.11 Å². The average molecular weight is 221 g/mol. The smallest absolute Gasteiger partial charge is 0.115 e. The average Bonchev–Trinajstić information content (AvgIpc) is 2.39. The molecule has 0 spiro atoms. The molecule has 0 amide bonds. The highest BCUT2D eigenvalue weighted by atomic mass is 16.3. The maximum absolute atomic E-state index is 9.25. The van der Waals surface area contributed by atoms with Crippen molar-refractivity contribution in [1.29, 1.82) is 0 Å². The lowest BCUT2D eigenvalue weighted by Crippen LogP contribution is -1.83. The van der Waals surface area contributed by atoms with Crippen LogP contribution in [-0.2, 0) is 0 Å². The van der Waals surface area contributed by atoms with Crippen LogP contribution in [0.15, 0.2) is 60.8 Å². The van der Waals surface area contributed by atoms with E-state index in [1.807, 2.05) is 36.5 Å². The molecule has 0 unspecified atom stereocenters. The van der Waals surface area contributed by atoms with Crippen LogP contribution in [0.2, 0.25) is 0 Å². The molecule has 0 bridgehead atoms. The van der Waals surface area contributed by atoms with Gasteiger partial charge in [-0.1, -0.05) is 24.3 Å². The quantitative estimate of drug-likeness (QED) is 0.681. The summed E-state index contributed by atoms with van der Waals surface area (Å²) in [5.74, 6) is 0.273. The zero-order valence-corrected chi connectivity index (χ0v) is 9.17. The SMILES string of the molecule is Oc1ccc(-c2cc3ccccc3cn2)cc1. The largest absolute Gasteiger partial charge is 0.508 e. The fourth-order valence-corrected chi connectivity index (χ4v) is 1.87. The van der Waals surface area contributed by atoms with Crippen LogP contribution in [0.3, 0.4) is 0 Å². The lowest BCUT2D eigenvalue weighted by atomic mass is 10.1. The Bertz CT molecular complexity index is 659. The third-order valence-corrected chi connectivity index (χ3v) is 2.79. The monoisotopic (exact) mass is 221 g/mol. The summed E-state index contributed by atoms with van der Waals surface area (Å²) >= 11 is 0. The summed E-state index contributed by atoms with van der Waals surface area (Å²) in [5.41, 5.74) is 1.93. The number of nitrogens with zero attached hydrogens (tertiary/aromatic N) is 1. The van der Waals surface area contributed by atoms with Gasteiger partial charge in [0.25, 0.3) is 0 Å². The molecule has 0 aliphatic rings. The predicted molar refractivity (Wildman–Crippen MR) is 68.8 cm³/mol. The molecule has 3 aromatic rings. The Morgan fingerprint density at radius 2 is 1.53 bits per heavy atom. The molecule has 0 radical (unpaired) electrons. The van der Waals surface area contributed by atoms with Crippen molar-refractivity contribution in [1.82, 2.24) is 4.98 Å². The van der Waals surface area contributed by atoms with Crippen LogP contribution in [0.25, 0.3) is 22.0 Å². The molecular formula is C15H11NO. The van der Waals surface area contributed by atoms with E-state index in [1.54, 1.807) is 12.1 Å². The van der Waals surface area contributed by atoms with E-state index in [4.69, 9.17) is 0 Å². The third-order valence-electron chi connectivity index (χ3n) is 2.79. The van der Waals surface area contributed by atoms with Gasteiger partial charge in [0.2, 0.25) is 0 Å². The molecular weight excluding hydrogens is 210 g/mol. The first-order valence-corrected chi connectivity index (χ1v) is 5.47. The molecule has 2 heteroatoms. The second kappa shape index (κ2) is 3.91. The summed E-state index contributed by atoms with van der Waals surface area (Å²) in [6.45, 7) is 0. The number of benzene rings is 2. The summed E-state index contributed by atoms with van der Waals surface area (Å²) < 4.78 is 0. The van der Waals surface area contributed by atoms with E-state index in [0.717, 1.165) is 16.6 Å². The van der Waals surface area contributed by atoms with E-state index in [9.17, 15) is 5.11 Å². The van der Waals surface area contributed by atoms with Crippen LogP contribution >= 0.6 is 0 Å². The Labute approximate surface area is 99.2 Å². The minimum absolute atomic E-state index is 0.273. The van der Waals surface area contributed by atoms with E-state index in [-0.39, 0.29) is 5.75 Å². The third kappa shape index (κ3) is 1.85. The van der Waals surface area contributed by atoms with Crippen LogP contribution in [0.4, 0.5) is 0 Å². The van der Waals surface area contributed by atoms with E-state index in [0.29, 0.717) is 0 Å². The van der Waals surface area contributed by atoms with Crippen molar-refractivity contribution in [3.63, 3.8) is 0 Å². The standard InChI is InChI=1S/C15H11NO/c17-14-7-5-11(6-8-14)15-9-12-3-1-2-4-13(12)10-16-15/h1-10,17H. The van der Waals surface area contributed by atoms with Crippen LogP contribution in [0, 0.1) is 0 Å². The molecule has 2 aromatic carbocycles. The van der Waals surface area contributed by atoms with Crippen molar-refractivity contribution in [2.75, 3.05) is 0 Å². The second-order valence-corrected chi connectivity index (χ2v) is 3.96. The van der Waals surface area contributed by atoms with Crippen molar-refractivity contribution >= 4 is 10.8 Å². The summed E-state index contributed by atoms with van der Waals surface area (Å²) in [4.78, 5) is 4.43. The highest BCUT2D eigenvalue weighted by molar-refractivity contribution is 5.85. The lowest BCUT2D eigenvalue weighted by Gasteiger charge is -2.03. The summed E-state index contributed by atoms with van der Waals surface area (Å²) in [7, 11) is 0. The summed E-state index contributed by atoms with van der Waals surface area (Å²) in [6.07, 6.45) is 1.87.